The lowest BCUT2D eigenvalue weighted by molar-refractivity contribution is 0.0600. The van der Waals surface area contributed by atoms with Crippen LogP contribution in [0, 0.1) is 0 Å². The molecular formula is C19H20O4. The molecule has 0 atom stereocenters. The van der Waals surface area contributed by atoms with Crippen LogP contribution in [0.3, 0.4) is 0 Å². The third kappa shape index (κ3) is 5.27. The normalized spacial score (nSPS) is 10.8. The van der Waals surface area contributed by atoms with E-state index in [4.69, 9.17) is 4.74 Å². The number of hydrogen-bond acceptors (Lipinski definition) is 4. The molecule has 23 heavy (non-hydrogen) atoms. The fourth-order valence-corrected chi connectivity index (χ4v) is 2.09. The molecule has 1 N–H and O–H groups in total. The monoisotopic (exact) mass is 312 g/mol. The molecule has 0 saturated carbocycles. The van der Waals surface area contributed by atoms with Gasteiger partial charge in [0.25, 0.3) is 0 Å². The SMILES string of the molecule is COC(=O)c1ccc(O)c(C/C=C/COCc2ccccc2)c1. The van der Waals surface area contributed by atoms with Crippen molar-refractivity contribution in [3.63, 3.8) is 0 Å². The highest BCUT2D eigenvalue weighted by Gasteiger charge is 2.08. The molecular weight excluding hydrogens is 292 g/mol. The van der Waals surface area contributed by atoms with Gasteiger partial charge in [-0.1, -0.05) is 42.5 Å². The van der Waals surface area contributed by atoms with E-state index in [-0.39, 0.29) is 5.75 Å². The lowest BCUT2D eigenvalue weighted by Gasteiger charge is -2.05. The van der Waals surface area contributed by atoms with Gasteiger partial charge in [-0.3, -0.25) is 0 Å². The number of carbonyl (C=O) groups excluding carboxylic acids is 1. The number of esters is 1. The van der Waals surface area contributed by atoms with Crippen LogP contribution in [-0.4, -0.2) is 24.8 Å². The predicted octanol–water partition coefficient (Wildman–Crippen LogP) is 3.49. The average Bonchev–Trinajstić information content (AvgIpc) is 2.59. The van der Waals surface area contributed by atoms with Crippen molar-refractivity contribution < 1.29 is 19.4 Å². The summed E-state index contributed by atoms with van der Waals surface area (Å²) in [6.07, 6.45) is 4.32. The fraction of sp³-hybridized carbons (Fsp3) is 0.211. The van der Waals surface area contributed by atoms with Gasteiger partial charge in [-0.15, -0.1) is 0 Å². The van der Waals surface area contributed by atoms with E-state index in [1.807, 2.05) is 42.5 Å². The summed E-state index contributed by atoms with van der Waals surface area (Å²) in [5.74, 6) is -0.256. The van der Waals surface area contributed by atoms with E-state index in [0.29, 0.717) is 30.8 Å². The molecule has 0 aliphatic carbocycles. The lowest BCUT2D eigenvalue weighted by atomic mass is 10.1. The van der Waals surface area contributed by atoms with Crippen molar-refractivity contribution in [1.29, 1.82) is 0 Å². The number of aromatic hydroxyl groups is 1. The van der Waals surface area contributed by atoms with Gasteiger partial charge >= 0.3 is 5.97 Å². The van der Waals surface area contributed by atoms with Crippen molar-refractivity contribution >= 4 is 5.97 Å². The number of hydrogen-bond donors (Lipinski definition) is 1. The summed E-state index contributed by atoms with van der Waals surface area (Å²) >= 11 is 0. The first-order chi connectivity index (χ1) is 11.2. The molecule has 2 aromatic rings. The first-order valence-corrected chi connectivity index (χ1v) is 7.37. The van der Waals surface area contributed by atoms with E-state index in [1.165, 1.54) is 19.2 Å². The summed E-state index contributed by atoms with van der Waals surface area (Å²) in [5, 5.41) is 9.82. The van der Waals surface area contributed by atoms with E-state index in [9.17, 15) is 9.90 Å². The second-order valence-electron chi connectivity index (χ2n) is 5.01. The number of rotatable bonds is 7. The minimum Gasteiger partial charge on any atom is -0.508 e. The minimum atomic E-state index is -0.415. The standard InChI is InChI=1S/C19H20O4/c1-22-19(21)17-10-11-18(20)16(13-17)9-5-6-12-23-14-15-7-3-2-4-8-15/h2-8,10-11,13,20H,9,12,14H2,1H3/b6-5+. The number of phenols is 1. The maximum absolute atomic E-state index is 11.5. The number of ether oxygens (including phenoxy) is 2. The van der Waals surface area contributed by atoms with Gasteiger partial charge in [-0.25, -0.2) is 4.79 Å². The molecule has 2 rings (SSSR count). The topological polar surface area (TPSA) is 55.8 Å². The molecule has 0 unspecified atom stereocenters. The van der Waals surface area contributed by atoms with Crippen LogP contribution in [-0.2, 0) is 22.5 Å². The van der Waals surface area contributed by atoms with Crippen LogP contribution in [0.2, 0.25) is 0 Å². The van der Waals surface area contributed by atoms with Gasteiger partial charge in [-0.05, 0) is 35.7 Å². The Balaban J connectivity index is 1.82. The van der Waals surface area contributed by atoms with Gasteiger partial charge < -0.3 is 14.6 Å². The van der Waals surface area contributed by atoms with Gasteiger partial charge in [0.2, 0.25) is 0 Å². The molecule has 0 radical (unpaired) electrons. The molecule has 0 aliphatic heterocycles. The van der Waals surface area contributed by atoms with Gasteiger partial charge in [-0.2, -0.15) is 0 Å². The Morgan fingerprint density at radius 1 is 1.13 bits per heavy atom. The smallest absolute Gasteiger partial charge is 0.337 e. The van der Waals surface area contributed by atoms with Crippen LogP contribution < -0.4 is 0 Å². The quantitative estimate of drug-likeness (QED) is 0.483. The van der Waals surface area contributed by atoms with Crippen LogP contribution in [0.15, 0.2) is 60.7 Å². The summed E-state index contributed by atoms with van der Waals surface area (Å²) < 4.78 is 10.2. The van der Waals surface area contributed by atoms with Crippen molar-refractivity contribution in [2.45, 2.75) is 13.0 Å². The summed E-state index contributed by atoms with van der Waals surface area (Å²) in [4.78, 5) is 11.5. The molecule has 0 aliphatic rings. The van der Waals surface area contributed by atoms with Crippen molar-refractivity contribution in [1.82, 2.24) is 0 Å². The maximum atomic E-state index is 11.5. The molecule has 4 nitrogen and oxygen atoms in total. The van der Waals surface area contributed by atoms with Crippen LogP contribution in [0.25, 0.3) is 0 Å². The van der Waals surface area contributed by atoms with E-state index >= 15 is 0 Å². The summed E-state index contributed by atoms with van der Waals surface area (Å²) in [6, 6.07) is 14.6. The molecule has 0 heterocycles. The summed E-state index contributed by atoms with van der Waals surface area (Å²) in [6.45, 7) is 1.06. The Labute approximate surface area is 136 Å². The molecule has 0 saturated heterocycles. The number of methoxy groups -OCH3 is 1. The van der Waals surface area contributed by atoms with Crippen LogP contribution in [0.4, 0.5) is 0 Å². The molecule has 4 heteroatoms. The second-order valence-corrected chi connectivity index (χ2v) is 5.01. The first-order valence-electron chi connectivity index (χ1n) is 7.37. The van der Waals surface area contributed by atoms with E-state index < -0.39 is 5.97 Å². The summed E-state index contributed by atoms with van der Waals surface area (Å²) in [5.41, 5.74) is 2.23. The molecule has 0 spiro atoms. The Kier molecular flexibility index (Phi) is 6.39. The van der Waals surface area contributed by atoms with E-state index in [2.05, 4.69) is 4.74 Å². The van der Waals surface area contributed by atoms with Crippen molar-refractivity contribution in [2.75, 3.05) is 13.7 Å². The zero-order valence-corrected chi connectivity index (χ0v) is 13.1. The Hall–Kier alpha value is -2.59. The number of carbonyl (C=O) groups is 1. The van der Waals surface area contributed by atoms with Crippen molar-refractivity contribution in [3.8, 4) is 5.75 Å². The van der Waals surface area contributed by atoms with Crippen LogP contribution in [0.5, 0.6) is 5.75 Å². The minimum absolute atomic E-state index is 0.160. The van der Waals surface area contributed by atoms with Crippen LogP contribution >= 0.6 is 0 Å². The van der Waals surface area contributed by atoms with Crippen molar-refractivity contribution in [3.05, 3.63) is 77.4 Å². The maximum Gasteiger partial charge on any atom is 0.337 e. The predicted molar refractivity (Wildman–Crippen MR) is 88.4 cm³/mol. The van der Waals surface area contributed by atoms with Gasteiger partial charge in [0.1, 0.15) is 5.75 Å². The highest BCUT2D eigenvalue weighted by molar-refractivity contribution is 5.89. The van der Waals surface area contributed by atoms with Crippen molar-refractivity contribution in [2.24, 2.45) is 0 Å². The zero-order valence-electron chi connectivity index (χ0n) is 13.1. The molecule has 120 valence electrons. The van der Waals surface area contributed by atoms with E-state index in [0.717, 1.165) is 5.56 Å². The first kappa shape index (κ1) is 16.8. The Bertz CT molecular complexity index is 662. The molecule has 2 aromatic carbocycles. The number of allylic oxidation sites excluding steroid dienone is 1. The van der Waals surface area contributed by atoms with Crippen LogP contribution in [0.1, 0.15) is 21.5 Å². The van der Waals surface area contributed by atoms with E-state index in [1.54, 1.807) is 6.07 Å². The number of benzene rings is 2. The largest absolute Gasteiger partial charge is 0.508 e. The number of phenolic OH excluding ortho intramolecular Hbond substituents is 1. The Morgan fingerprint density at radius 2 is 1.91 bits per heavy atom. The van der Waals surface area contributed by atoms with Gasteiger partial charge in [0.05, 0.1) is 25.9 Å². The fourth-order valence-electron chi connectivity index (χ4n) is 2.09. The third-order valence-electron chi connectivity index (χ3n) is 3.33. The highest BCUT2D eigenvalue weighted by Crippen LogP contribution is 2.20. The van der Waals surface area contributed by atoms with Gasteiger partial charge in [0, 0.05) is 0 Å². The van der Waals surface area contributed by atoms with Gasteiger partial charge in [0.15, 0.2) is 0 Å². The third-order valence-corrected chi connectivity index (χ3v) is 3.33. The summed E-state index contributed by atoms with van der Waals surface area (Å²) in [7, 11) is 1.33. The Morgan fingerprint density at radius 3 is 2.65 bits per heavy atom. The average molecular weight is 312 g/mol. The lowest BCUT2D eigenvalue weighted by Crippen LogP contribution is -2.01. The second kappa shape index (κ2) is 8.76. The molecule has 0 bridgehead atoms. The molecule has 0 fully saturated rings. The zero-order chi connectivity index (χ0) is 16.5. The molecule has 0 aromatic heterocycles. The molecule has 0 amide bonds. The highest BCUT2D eigenvalue weighted by atomic mass is 16.5.